The number of anilines is 1. The molecule has 0 aliphatic heterocycles. The minimum atomic E-state index is -0.711. The third-order valence-corrected chi connectivity index (χ3v) is 2.23. The van der Waals surface area contributed by atoms with E-state index in [9.17, 15) is 14.9 Å². The zero-order valence-electron chi connectivity index (χ0n) is 9.74. The fourth-order valence-corrected chi connectivity index (χ4v) is 1.38. The number of nitrogens with one attached hydrogen (secondary N) is 1. The maximum absolute atomic E-state index is 11.4. The van der Waals surface area contributed by atoms with E-state index in [0.717, 1.165) is 0 Å². The van der Waals surface area contributed by atoms with Crippen LogP contribution in [0.4, 0.5) is 16.2 Å². The van der Waals surface area contributed by atoms with Crippen LogP contribution < -0.4 is 5.32 Å². The second kappa shape index (κ2) is 5.67. The highest BCUT2D eigenvalue weighted by Crippen LogP contribution is 2.17. The topological polar surface area (TPSA) is 94.6 Å². The van der Waals surface area contributed by atoms with Gasteiger partial charge in [0.25, 0.3) is 5.69 Å². The molecule has 1 amide bonds. The lowest BCUT2D eigenvalue weighted by Gasteiger charge is -2.05. The summed E-state index contributed by atoms with van der Waals surface area (Å²) in [6, 6.07) is 8.92. The molecule has 1 N–H and O–H groups in total. The highest BCUT2D eigenvalue weighted by atomic mass is 16.6. The van der Waals surface area contributed by atoms with E-state index in [-0.39, 0.29) is 12.3 Å². The Hall–Kier alpha value is -2.83. The molecule has 0 fully saturated rings. The summed E-state index contributed by atoms with van der Waals surface area (Å²) in [4.78, 5) is 21.5. The number of benzene rings is 1. The van der Waals surface area contributed by atoms with Gasteiger partial charge in [0.2, 0.25) is 0 Å². The predicted molar refractivity (Wildman–Crippen MR) is 65.6 cm³/mol. The van der Waals surface area contributed by atoms with Gasteiger partial charge in [-0.15, -0.1) is 0 Å². The number of hydrogen-bond donors (Lipinski definition) is 1. The number of nitro benzene ring substituents is 1. The largest absolute Gasteiger partial charge is 0.466 e. The molecular weight excluding hydrogens is 252 g/mol. The normalized spacial score (nSPS) is 9.89. The Balaban J connectivity index is 1.91. The molecule has 0 saturated heterocycles. The molecule has 0 saturated carbocycles. The van der Waals surface area contributed by atoms with Crippen molar-refractivity contribution in [2.75, 3.05) is 5.32 Å². The number of nitrogens with zero attached hydrogens (tertiary/aromatic N) is 1. The second-order valence-corrected chi connectivity index (χ2v) is 3.59. The molecular formula is C12H10N2O5. The molecule has 7 nitrogen and oxygen atoms in total. The molecule has 2 aromatic rings. The Morgan fingerprint density at radius 2 is 2.21 bits per heavy atom. The highest BCUT2D eigenvalue weighted by Gasteiger charge is 2.09. The van der Waals surface area contributed by atoms with Crippen molar-refractivity contribution >= 4 is 17.5 Å². The molecule has 0 radical (unpaired) electrons. The van der Waals surface area contributed by atoms with E-state index in [4.69, 9.17) is 9.15 Å². The zero-order chi connectivity index (χ0) is 13.7. The summed E-state index contributed by atoms with van der Waals surface area (Å²) in [6.45, 7) is -0.00619. The van der Waals surface area contributed by atoms with Gasteiger partial charge in [-0.1, -0.05) is 6.07 Å². The van der Waals surface area contributed by atoms with Gasteiger partial charge in [-0.3, -0.25) is 15.4 Å². The number of hydrogen-bond acceptors (Lipinski definition) is 5. The summed E-state index contributed by atoms with van der Waals surface area (Å²) in [5.74, 6) is 0.509. The van der Waals surface area contributed by atoms with Crippen molar-refractivity contribution < 1.29 is 18.9 Å². The lowest BCUT2D eigenvalue weighted by Crippen LogP contribution is -2.13. The molecule has 0 spiro atoms. The van der Waals surface area contributed by atoms with Crippen molar-refractivity contribution in [3.63, 3.8) is 0 Å². The van der Waals surface area contributed by atoms with Gasteiger partial charge in [-0.2, -0.15) is 0 Å². The van der Waals surface area contributed by atoms with Crippen molar-refractivity contribution in [3.8, 4) is 0 Å². The molecule has 0 atom stereocenters. The monoisotopic (exact) mass is 262 g/mol. The van der Waals surface area contributed by atoms with Crippen LogP contribution in [0.1, 0.15) is 5.76 Å². The lowest BCUT2D eigenvalue weighted by molar-refractivity contribution is -0.384. The summed E-state index contributed by atoms with van der Waals surface area (Å²) in [7, 11) is 0. The second-order valence-electron chi connectivity index (χ2n) is 3.59. The number of furan rings is 1. The SMILES string of the molecule is O=C(Nc1cccc([N+](=O)[O-])c1)OCc1ccco1. The zero-order valence-corrected chi connectivity index (χ0v) is 9.74. The summed E-state index contributed by atoms with van der Waals surface area (Å²) < 4.78 is 9.87. The van der Waals surface area contributed by atoms with E-state index >= 15 is 0 Å². The van der Waals surface area contributed by atoms with Crippen LogP contribution >= 0.6 is 0 Å². The van der Waals surface area contributed by atoms with Crippen molar-refractivity contribution in [1.29, 1.82) is 0 Å². The van der Waals surface area contributed by atoms with E-state index in [1.165, 1.54) is 30.5 Å². The maximum atomic E-state index is 11.4. The van der Waals surface area contributed by atoms with E-state index in [1.54, 1.807) is 12.1 Å². The van der Waals surface area contributed by atoms with Gasteiger partial charge in [-0.25, -0.2) is 4.79 Å². The van der Waals surface area contributed by atoms with Crippen molar-refractivity contribution in [2.45, 2.75) is 6.61 Å². The Morgan fingerprint density at radius 1 is 1.37 bits per heavy atom. The fraction of sp³-hybridized carbons (Fsp3) is 0.0833. The van der Waals surface area contributed by atoms with Crippen LogP contribution in [0.2, 0.25) is 0 Å². The summed E-state index contributed by atoms with van der Waals surface area (Å²) >= 11 is 0. The number of amides is 1. The predicted octanol–water partition coefficient (Wildman–Crippen LogP) is 2.94. The first-order valence-corrected chi connectivity index (χ1v) is 5.36. The molecule has 2 rings (SSSR count). The Labute approximate surface area is 107 Å². The maximum Gasteiger partial charge on any atom is 0.412 e. The molecule has 1 aromatic heterocycles. The van der Waals surface area contributed by atoms with Gasteiger partial charge in [0.05, 0.1) is 16.9 Å². The Morgan fingerprint density at radius 3 is 2.89 bits per heavy atom. The highest BCUT2D eigenvalue weighted by molar-refractivity contribution is 5.84. The van der Waals surface area contributed by atoms with Gasteiger partial charge >= 0.3 is 6.09 Å². The molecule has 0 bridgehead atoms. The minimum absolute atomic E-state index is 0.00619. The van der Waals surface area contributed by atoms with Gasteiger partial charge in [0.15, 0.2) is 6.61 Å². The van der Waals surface area contributed by atoms with E-state index < -0.39 is 11.0 Å². The third-order valence-electron chi connectivity index (χ3n) is 2.23. The van der Waals surface area contributed by atoms with Gasteiger partial charge in [-0.05, 0) is 18.2 Å². The Kier molecular flexibility index (Phi) is 3.77. The summed E-state index contributed by atoms with van der Waals surface area (Å²) in [6.07, 6.45) is 0.758. The smallest absolute Gasteiger partial charge is 0.412 e. The van der Waals surface area contributed by atoms with Crippen molar-refractivity contribution in [1.82, 2.24) is 0 Å². The first-order valence-electron chi connectivity index (χ1n) is 5.36. The number of nitro groups is 1. The average Bonchev–Trinajstić information content (AvgIpc) is 2.90. The number of carbonyl (C=O) groups is 1. The van der Waals surface area contributed by atoms with Crippen LogP contribution in [-0.4, -0.2) is 11.0 Å². The fourth-order valence-electron chi connectivity index (χ4n) is 1.38. The number of non-ortho nitro benzene ring substituents is 1. The third kappa shape index (κ3) is 3.56. The van der Waals surface area contributed by atoms with Crippen molar-refractivity contribution in [3.05, 3.63) is 58.5 Å². The van der Waals surface area contributed by atoms with Crippen LogP contribution in [0, 0.1) is 10.1 Å². The quantitative estimate of drug-likeness (QED) is 0.675. The van der Waals surface area contributed by atoms with E-state index in [2.05, 4.69) is 5.32 Å². The van der Waals surface area contributed by atoms with Crippen LogP contribution in [0.3, 0.4) is 0 Å². The minimum Gasteiger partial charge on any atom is -0.466 e. The van der Waals surface area contributed by atoms with Crippen molar-refractivity contribution in [2.24, 2.45) is 0 Å². The van der Waals surface area contributed by atoms with E-state index in [1.807, 2.05) is 0 Å². The van der Waals surface area contributed by atoms with Gasteiger partial charge in [0, 0.05) is 12.1 Å². The first-order chi connectivity index (χ1) is 9.15. The van der Waals surface area contributed by atoms with Crippen LogP contribution in [0.5, 0.6) is 0 Å². The van der Waals surface area contributed by atoms with Crippen LogP contribution in [0.15, 0.2) is 47.1 Å². The molecule has 7 heteroatoms. The molecule has 0 unspecified atom stereocenters. The molecule has 0 aliphatic rings. The summed E-state index contributed by atoms with van der Waals surface area (Å²) in [5, 5.41) is 13.0. The molecule has 98 valence electrons. The molecule has 1 aromatic carbocycles. The van der Waals surface area contributed by atoms with Gasteiger partial charge < -0.3 is 9.15 Å². The lowest BCUT2D eigenvalue weighted by atomic mass is 10.3. The number of ether oxygens (including phenoxy) is 1. The Bertz CT molecular complexity index is 580. The van der Waals surface area contributed by atoms with Crippen LogP contribution in [0.25, 0.3) is 0 Å². The van der Waals surface area contributed by atoms with E-state index in [0.29, 0.717) is 11.4 Å². The number of rotatable bonds is 4. The average molecular weight is 262 g/mol. The summed E-state index contributed by atoms with van der Waals surface area (Å²) in [5.41, 5.74) is 0.183. The standard InChI is InChI=1S/C12H10N2O5/c15-12(19-8-11-5-2-6-18-11)13-9-3-1-4-10(7-9)14(16)17/h1-7H,8H2,(H,13,15). The molecule has 19 heavy (non-hydrogen) atoms. The first kappa shape index (κ1) is 12.6. The number of carbonyl (C=O) groups excluding carboxylic acids is 1. The molecule has 1 heterocycles. The van der Waals surface area contributed by atoms with Gasteiger partial charge in [0.1, 0.15) is 5.76 Å². The van der Waals surface area contributed by atoms with Crippen LogP contribution in [-0.2, 0) is 11.3 Å². The molecule has 0 aliphatic carbocycles.